The maximum absolute atomic E-state index is 9.46. The molecule has 0 saturated heterocycles. The van der Waals surface area contributed by atoms with Crippen LogP contribution in [0.5, 0.6) is 5.75 Å². The number of phenolic OH excluding ortho intramolecular Hbond substituents is 1. The lowest BCUT2D eigenvalue weighted by molar-refractivity contribution is 0.475. The molecule has 0 saturated carbocycles. The van der Waals surface area contributed by atoms with Crippen LogP contribution in [0.15, 0.2) is 54.7 Å². The highest BCUT2D eigenvalue weighted by atomic mass is 16.3. The van der Waals surface area contributed by atoms with E-state index in [4.69, 9.17) is 0 Å². The first-order chi connectivity index (χ1) is 7.84. The number of hydrogen-bond acceptors (Lipinski definition) is 1. The van der Waals surface area contributed by atoms with Gasteiger partial charge in [-0.15, -0.1) is 0 Å². The van der Waals surface area contributed by atoms with Gasteiger partial charge in [-0.1, -0.05) is 24.3 Å². The molecule has 0 spiro atoms. The number of hydrogen-bond donors (Lipinski definition) is 1. The highest BCUT2D eigenvalue weighted by Gasteiger charge is 2.02. The topological polar surface area (TPSA) is 25.2 Å². The molecule has 1 N–H and O–H groups in total. The van der Waals surface area contributed by atoms with Crippen LogP contribution in [0.2, 0.25) is 0 Å². The van der Waals surface area contributed by atoms with E-state index in [9.17, 15) is 5.11 Å². The molecule has 0 bridgehead atoms. The van der Waals surface area contributed by atoms with Crippen molar-refractivity contribution in [3.63, 3.8) is 0 Å². The van der Waals surface area contributed by atoms with Crippen LogP contribution in [0.1, 0.15) is 0 Å². The van der Waals surface area contributed by atoms with Crippen molar-refractivity contribution in [2.75, 3.05) is 0 Å². The molecule has 2 heteroatoms. The molecule has 0 fully saturated rings. The lowest BCUT2D eigenvalue weighted by atomic mass is 10.2. The average Bonchev–Trinajstić information content (AvgIpc) is 2.72. The fourth-order valence-corrected chi connectivity index (χ4v) is 1.87. The summed E-state index contributed by atoms with van der Waals surface area (Å²) in [5.41, 5.74) is 2.03. The van der Waals surface area contributed by atoms with Gasteiger partial charge in [-0.25, -0.2) is 0 Å². The molecule has 3 aromatic rings. The third kappa shape index (κ3) is 1.36. The second-order valence-corrected chi connectivity index (χ2v) is 3.68. The van der Waals surface area contributed by atoms with Gasteiger partial charge in [0.05, 0.1) is 5.52 Å². The van der Waals surface area contributed by atoms with Crippen molar-refractivity contribution in [3.05, 3.63) is 60.8 Å². The Morgan fingerprint density at radius 1 is 1.00 bits per heavy atom. The van der Waals surface area contributed by atoms with Crippen molar-refractivity contribution >= 4 is 10.9 Å². The third-order valence-corrected chi connectivity index (χ3v) is 2.62. The molecule has 16 heavy (non-hydrogen) atoms. The van der Waals surface area contributed by atoms with Crippen molar-refractivity contribution in [2.24, 2.45) is 0 Å². The number of para-hydroxylation sites is 1. The minimum absolute atomic E-state index is 0.273. The molecule has 0 amide bonds. The van der Waals surface area contributed by atoms with E-state index in [1.54, 1.807) is 12.1 Å². The van der Waals surface area contributed by atoms with E-state index < -0.39 is 0 Å². The number of nitrogens with zero attached hydrogens (tertiary/aromatic N) is 1. The van der Waals surface area contributed by atoms with Crippen molar-refractivity contribution in [1.29, 1.82) is 0 Å². The molecule has 1 heterocycles. The zero-order chi connectivity index (χ0) is 11.0. The maximum Gasteiger partial charge on any atom is 0.117 e. The first kappa shape index (κ1) is 9.04. The summed E-state index contributed by atoms with van der Waals surface area (Å²) in [5.74, 6) is 0.273. The van der Waals surface area contributed by atoms with Gasteiger partial charge >= 0.3 is 0 Å². The summed E-state index contributed by atoms with van der Waals surface area (Å²) in [6, 6.07) is 18.4. The van der Waals surface area contributed by atoms with Crippen LogP contribution in [-0.2, 0) is 0 Å². The van der Waals surface area contributed by atoms with Gasteiger partial charge in [0.1, 0.15) is 5.75 Å². The number of benzene rings is 2. The van der Waals surface area contributed by atoms with Crippen LogP contribution in [0.4, 0.5) is 0 Å². The van der Waals surface area contributed by atoms with Crippen molar-refractivity contribution < 1.29 is 5.11 Å². The largest absolute Gasteiger partial charge is 0.508 e. The first-order valence-corrected chi connectivity index (χ1v) is 5.12. The summed E-state index contributed by atoms with van der Waals surface area (Å²) in [7, 11) is 0. The number of phenols is 1. The SMILES string of the molecule is Oc1cccc(-n2c[c]c3ccccc32)c1. The molecule has 77 valence electrons. The van der Waals surface area contributed by atoms with Crippen LogP contribution >= 0.6 is 0 Å². The Labute approximate surface area is 93.4 Å². The minimum Gasteiger partial charge on any atom is -0.508 e. The van der Waals surface area contributed by atoms with Gasteiger partial charge in [0.25, 0.3) is 0 Å². The van der Waals surface area contributed by atoms with Crippen LogP contribution in [-0.4, -0.2) is 9.67 Å². The smallest absolute Gasteiger partial charge is 0.117 e. The normalized spacial score (nSPS) is 10.8. The van der Waals surface area contributed by atoms with Crippen LogP contribution in [0, 0.1) is 6.07 Å². The Bertz CT molecular complexity index is 640. The Morgan fingerprint density at radius 3 is 2.75 bits per heavy atom. The van der Waals surface area contributed by atoms with Crippen LogP contribution < -0.4 is 0 Å². The van der Waals surface area contributed by atoms with Crippen molar-refractivity contribution in [2.45, 2.75) is 0 Å². The van der Waals surface area contributed by atoms with Gasteiger partial charge in [-0.3, -0.25) is 0 Å². The molecule has 0 aliphatic heterocycles. The van der Waals surface area contributed by atoms with Gasteiger partial charge in [0.15, 0.2) is 0 Å². The average molecular weight is 208 g/mol. The molecule has 0 aliphatic rings. The molecule has 0 aliphatic carbocycles. The quantitative estimate of drug-likeness (QED) is 0.653. The molecular weight excluding hydrogens is 198 g/mol. The van der Waals surface area contributed by atoms with Gasteiger partial charge < -0.3 is 9.67 Å². The van der Waals surface area contributed by atoms with Gasteiger partial charge in [-0.05, 0) is 18.2 Å². The summed E-state index contributed by atoms with van der Waals surface area (Å²) in [5, 5.41) is 10.5. The molecule has 0 unspecified atom stereocenters. The lowest BCUT2D eigenvalue weighted by Crippen LogP contribution is -1.90. The van der Waals surface area contributed by atoms with E-state index >= 15 is 0 Å². The Morgan fingerprint density at radius 2 is 1.88 bits per heavy atom. The Kier molecular flexibility index (Phi) is 1.93. The highest BCUT2D eigenvalue weighted by Crippen LogP contribution is 2.21. The molecular formula is C14H10NO. The second kappa shape index (κ2) is 3.42. The summed E-state index contributed by atoms with van der Waals surface area (Å²) in [6.45, 7) is 0. The summed E-state index contributed by atoms with van der Waals surface area (Å²) < 4.78 is 2.01. The van der Waals surface area contributed by atoms with Gasteiger partial charge in [-0.2, -0.15) is 0 Å². The van der Waals surface area contributed by atoms with Crippen LogP contribution in [0.25, 0.3) is 16.6 Å². The molecule has 1 aromatic heterocycles. The number of aromatic nitrogens is 1. The van der Waals surface area contributed by atoms with E-state index in [1.165, 1.54) is 0 Å². The summed E-state index contributed by atoms with van der Waals surface area (Å²) in [4.78, 5) is 0. The summed E-state index contributed by atoms with van der Waals surface area (Å²) in [6.07, 6.45) is 1.89. The second-order valence-electron chi connectivity index (χ2n) is 3.68. The Balaban J connectivity index is 2.26. The third-order valence-electron chi connectivity index (χ3n) is 2.62. The Hall–Kier alpha value is -2.22. The maximum atomic E-state index is 9.46. The number of aromatic hydroxyl groups is 1. The van der Waals surface area contributed by atoms with Crippen LogP contribution in [0.3, 0.4) is 0 Å². The van der Waals surface area contributed by atoms with E-state index in [0.717, 1.165) is 16.6 Å². The highest BCUT2D eigenvalue weighted by molar-refractivity contribution is 5.81. The monoisotopic (exact) mass is 208 g/mol. The molecule has 2 nitrogen and oxygen atoms in total. The van der Waals surface area contributed by atoms with Crippen molar-refractivity contribution in [1.82, 2.24) is 4.57 Å². The van der Waals surface area contributed by atoms with Gasteiger partial charge in [0.2, 0.25) is 0 Å². The molecule has 1 radical (unpaired) electrons. The standard InChI is InChI=1S/C14H10NO/c16-13-6-3-5-12(10-13)15-9-8-11-4-1-2-7-14(11)15/h1-7,9-10,16H. The predicted octanol–water partition coefficient (Wildman–Crippen LogP) is 3.14. The number of rotatable bonds is 1. The number of fused-ring (bicyclic) bond motifs is 1. The molecule has 3 rings (SSSR count). The first-order valence-electron chi connectivity index (χ1n) is 5.12. The van der Waals surface area contributed by atoms with Gasteiger partial charge in [0, 0.05) is 29.4 Å². The van der Waals surface area contributed by atoms with E-state index in [-0.39, 0.29) is 5.75 Å². The van der Waals surface area contributed by atoms with E-state index in [2.05, 4.69) is 6.07 Å². The van der Waals surface area contributed by atoms with E-state index in [1.807, 2.05) is 47.2 Å². The van der Waals surface area contributed by atoms with E-state index in [0.29, 0.717) is 0 Å². The summed E-state index contributed by atoms with van der Waals surface area (Å²) >= 11 is 0. The molecule has 2 aromatic carbocycles. The predicted molar refractivity (Wildman–Crippen MR) is 63.8 cm³/mol. The fraction of sp³-hybridized carbons (Fsp3) is 0. The fourth-order valence-electron chi connectivity index (χ4n) is 1.87. The van der Waals surface area contributed by atoms with Crippen molar-refractivity contribution in [3.8, 4) is 11.4 Å². The minimum atomic E-state index is 0.273. The lowest BCUT2D eigenvalue weighted by Gasteiger charge is -2.05. The zero-order valence-corrected chi connectivity index (χ0v) is 8.59. The molecule has 0 atom stereocenters. The zero-order valence-electron chi connectivity index (χ0n) is 8.59.